The number of hydrogen-bond donors (Lipinski definition) is 2. The van der Waals surface area contributed by atoms with Gasteiger partial charge in [0.2, 0.25) is 0 Å². The predicted octanol–water partition coefficient (Wildman–Crippen LogP) is 5.08. The van der Waals surface area contributed by atoms with Crippen molar-refractivity contribution in [3.63, 3.8) is 0 Å². The molecule has 138 valence electrons. The molecule has 0 saturated carbocycles. The largest absolute Gasteiger partial charge is 0.396 e. The molecule has 0 aliphatic carbocycles. The first-order valence-corrected chi connectivity index (χ1v) is 10.2. The number of benzene rings is 2. The van der Waals surface area contributed by atoms with Crippen LogP contribution in [0.5, 0.6) is 0 Å². The summed E-state index contributed by atoms with van der Waals surface area (Å²) in [6.45, 7) is 0.185. The van der Waals surface area contributed by atoms with Gasteiger partial charge in [-0.15, -0.1) is 11.8 Å². The molecule has 0 aliphatic rings. The molecule has 0 aromatic heterocycles. The third-order valence-electron chi connectivity index (χ3n) is 4.07. The Bertz CT molecular complexity index is 652. The molecule has 0 aliphatic heterocycles. The average molecular weight is 369 g/mol. The van der Waals surface area contributed by atoms with E-state index >= 15 is 0 Å². The highest BCUT2D eigenvalue weighted by molar-refractivity contribution is 7.99. The average Bonchev–Trinajstić information content (AvgIpc) is 2.69. The van der Waals surface area contributed by atoms with Gasteiger partial charge in [-0.05, 0) is 30.4 Å². The van der Waals surface area contributed by atoms with E-state index in [0.29, 0.717) is 6.42 Å². The Balaban J connectivity index is 1.94. The van der Waals surface area contributed by atoms with Gasteiger partial charge in [0.25, 0.3) is 0 Å². The van der Waals surface area contributed by atoms with Crippen LogP contribution in [0.1, 0.15) is 30.4 Å². The summed E-state index contributed by atoms with van der Waals surface area (Å²) >= 11 is 1.75. The molecule has 26 heavy (non-hydrogen) atoms. The van der Waals surface area contributed by atoms with Crippen LogP contribution in [-0.4, -0.2) is 28.2 Å². The van der Waals surface area contributed by atoms with Gasteiger partial charge in [-0.1, -0.05) is 85.0 Å². The Kier molecular flexibility index (Phi) is 9.88. The molecule has 2 aromatic carbocycles. The minimum Gasteiger partial charge on any atom is -0.396 e. The molecule has 2 aromatic rings. The molecule has 0 saturated heterocycles. The molecule has 0 radical (unpaired) electrons. The number of allylic oxidation sites excluding steroid dienone is 2. The summed E-state index contributed by atoms with van der Waals surface area (Å²) < 4.78 is 0. The minimum atomic E-state index is -0.406. The maximum absolute atomic E-state index is 10.6. The van der Waals surface area contributed by atoms with Crippen molar-refractivity contribution in [3.05, 3.63) is 90.0 Å². The number of rotatable bonds is 11. The van der Waals surface area contributed by atoms with Crippen molar-refractivity contribution < 1.29 is 10.2 Å². The monoisotopic (exact) mass is 368 g/mol. The Labute approximate surface area is 161 Å². The van der Waals surface area contributed by atoms with E-state index in [4.69, 9.17) is 5.11 Å². The number of aliphatic hydroxyl groups is 2. The van der Waals surface area contributed by atoms with Crippen molar-refractivity contribution in [2.24, 2.45) is 0 Å². The van der Waals surface area contributed by atoms with Gasteiger partial charge in [0.05, 0.1) is 6.10 Å². The summed E-state index contributed by atoms with van der Waals surface area (Å²) in [5, 5.41) is 19.5. The number of thioether (sulfide) groups is 1. The molecular formula is C23H28O2S. The van der Waals surface area contributed by atoms with Gasteiger partial charge >= 0.3 is 0 Å². The molecule has 2 rings (SSSR count). The first kappa shape index (κ1) is 20.5. The molecule has 0 unspecified atom stereocenters. The quantitative estimate of drug-likeness (QED) is 0.429. The Hall–Kier alpha value is -1.81. The van der Waals surface area contributed by atoms with E-state index in [0.717, 1.165) is 24.2 Å². The maximum atomic E-state index is 10.6. The van der Waals surface area contributed by atoms with Gasteiger partial charge in [-0.25, -0.2) is 0 Å². The van der Waals surface area contributed by atoms with Crippen LogP contribution in [0.15, 0.2) is 78.9 Å². The van der Waals surface area contributed by atoms with E-state index in [1.54, 1.807) is 11.8 Å². The SMILES string of the molecule is OCCCC[C@H](O)[C@@H](/C=C/C=C/c1ccccc1)SCc1ccccc1. The zero-order valence-corrected chi connectivity index (χ0v) is 15.9. The van der Waals surface area contributed by atoms with Crippen LogP contribution < -0.4 is 0 Å². The lowest BCUT2D eigenvalue weighted by molar-refractivity contribution is 0.164. The normalized spacial score (nSPS) is 14.1. The highest BCUT2D eigenvalue weighted by Gasteiger charge is 2.16. The fourth-order valence-electron chi connectivity index (χ4n) is 2.60. The topological polar surface area (TPSA) is 40.5 Å². The molecule has 0 amide bonds. The lowest BCUT2D eigenvalue weighted by Crippen LogP contribution is -2.21. The Morgan fingerprint density at radius 1 is 0.885 bits per heavy atom. The third kappa shape index (κ3) is 8.05. The predicted molar refractivity (Wildman–Crippen MR) is 113 cm³/mol. The maximum Gasteiger partial charge on any atom is 0.0694 e. The van der Waals surface area contributed by atoms with Gasteiger partial charge in [0.1, 0.15) is 0 Å². The van der Waals surface area contributed by atoms with Crippen LogP contribution in [0, 0.1) is 0 Å². The Morgan fingerprint density at radius 3 is 2.27 bits per heavy atom. The van der Waals surface area contributed by atoms with E-state index in [2.05, 4.69) is 36.4 Å². The molecule has 0 heterocycles. The number of hydrogen-bond acceptors (Lipinski definition) is 3. The summed E-state index contributed by atoms with van der Waals surface area (Å²) in [6.07, 6.45) is 10.1. The Morgan fingerprint density at radius 2 is 1.58 bits per heavy atom. The van der Waals surface area contributed by atoms with Crippen LogP contribution in [0.2, 0.25) is 0 Å². The molecule has 0 fully saturated rings. The van der Waals surface area contributed by atoms with Gasteiger partial charge in [-0.3, -0.25) is 0 Å². The van der Waals surface area contributed by atoms with E-state index in [-0.39, 0.29) is 11.9 Å². The fourth-order valence-corrected chi connectivity index (χ4v) is 3.73. The highest BCUT2D eigenvalue weighted by Crippen LogP contribution is 2.24. The summed E-state index contributed by atoms with van der Waals surface area (Å²) in [5.41, 5.74) is 2.42. The molecule has 0 bridgehead atoms. The van der Waals surface area contributed by atoms with Crippen molar-refractivity contribution in [2.75, 3.05) is 6.61 Å². The molecule has 2 nitrogen and oxygen atoms in total. The van der Waals surface area contributed by atoms with Crippen molar-refractivity contribution in [3.8, 4) is 0 Å². The van der Waals surface area contributed by atoms with Crippen molar-refractivity contribution >= 4 is 17.8 Å². The second kappa shape index (κ2) is 12.5. The second-order valence-electron chi connectivity index (χ2n) is 6.20. The summed E-state index contributed by atoms with van der Waals surface area (Å²) in [5.74, 6) is 0.870. The van der Waals surface area contributed by atoms with Crippen molar-refractivity contribution in [1.82, 2.24) is 0 Å². The van der Waals surface area contributed by atoms with Gasteiger partial charge in [-0.2, -0.15) is 0 Å². The lowest BCUT2D eigenvalue weighted by atomic mass is 10.1. The molecular weight excluding hydrogens is 340 g/mol. The van der Waals surface area contributed by atoms with Crippen LogP contribution >= 0.6 is 11.8 Å². The molecule has 2 N–H and O–H groups in total. The van der Waals surface area contributed by atoms with E-state index in [1.807, 2.05) is 48.6 Å². The minimum absolute atomic E-state index is 0.0364. The van der Waals surface area contributed by atoms with E-state index in [9.17, 15) is 5.11 Å². The third-order valence-corrected chi connectivity index (χ3v) is 5.43. The van der Waals surface area contributed by atoms with E-state index in [1.165, 1.54) is 5.56 Å². The first-order chi connectivity index (χ1) is 12.8. The van der Waals surface area contributed by atoms with Gasteiger partial charge in [0.15, 0.2) is 0 Å². The summed E-state index contributed by atoms with van der Waals surface area (Å²) in [7, 11) is 0. The van der Waals surface area contributed by atoms with Gasteiger partial charge < -0.3 is 10.2 Å². The van der Waals surface area contributed by atoms with Crippen molar-refractivity contribution in [1.29, 1.82) is 0 Å². The summed E-state index contributed by atoms with van der Waals surface area (Å²) in [4.78, 5) is 0. The van der Waals surface area contributed by atoms with Gasteiger partial charge in [0, 0.05) is 17.6 Å². The highest BCUT2D eigenvalue weighted by atomic mass is 32.2. The molecule has 0 spiro atoms. The van der Waals surface area contributed by atoms with E-state index < -0.39 is 6.10 Å². The second-order valence-corrected chi connectivity index (χ2v) is 7.37. The van der Waals surface area contributed by atoms with Crippen LogP contribution in [-0.2, 0) is 5.75 Å². The fraction of sp³-hybridized carbons (Fsp3) is 0.304. The van der Waals surface area contributed by atoms with Crippen LogP contribution in [0.4, 0.5) is 0 Å². The van der Waals surface area contributed by atoms with Crippen LogP contribution in [0.25, 0.3) is 6.08 Å². The standard InChI is InChI=1S/C23H28O2S/c24-18-10-9-16-22(25)23(26-19-21-14-5-2-6-15-21)17-8-7-13-20-11-3-1-4-12-20/h1-8,11-15,17,22-25H,9-10,16,18-19H2/b13-7+,17-8+/t22-,23+/m0/s1. The molecule has 2 atom stereocenters. The smallest absolute Gasteiger partial charge is 0.0694 e. The zero-order valence-electron chi connectivity index (χ0n) is 15.1. The zero-order chi connectivity index (χ0) is 18.5. The first-order valence-electron chi connectivity index (χ1n) is 9.14. The van der Waals surface area contributed by atoms with Crippen molar-refractivity contribution in [2.45, 2.75) is 36.4 Å². The number of aliphatic hydroxyl groups excluding tert-OH is 2. The lowest BCUT2D eigenvalue weighted by Gasteiger charge is -2.19. The summed E-state index contributed by atoms with van der Waals surface area (Å²) in [6, 6.07) is 20.5. The van der Waals surface area contributed by atoms with Crippen LogP contribution in [0.3, 0.4) is 0 Å². The number of unbranched alkanes of at least 4 members (excludes halogenated alkanes) is 1. The molecule has 3 heteroatoms.